The SMILES string of the molecule is Cc1ccc(C)n1NC(=O)c1ccc2c(c1)CNCC2. The molecule has 104 valence electrons. The minimum atomic E-state index is -0.0687. The quantitative estimate of drug-likeness (QED) is 0.877. The van der Waals surface area contributed by atoms with Crippen LogP contribution in [-0.4, -0.2) is 17.1 Å². The van der Waals surface area contributed by atoms with E-state index in [-0.39, 0.29) is 5.91 Å². The Morgan fingerprint density at radius 1 is 1.15 bits per heavy atom. The second-order valence-corrected chi connectivity index (χ2v) is 5.30. The lowest BCUT2D eigenvalue weighted by Gasteiger charge is -2.18. The molecule has 1 aromatic heterocycles. The van der Waals surface area contributed by atoms with Crippen LogP contribution < -0.4 is 10.7 Å². The van der Waals surface area contributed by atoms with Gasteiger partial charge in [0.15, 0.2) is 0 Å². The fraction of sp³-hybridized carbons (Fsp3) is 0.312. The lowest BCUT2D eigenvalue weighted by Crippen LogP contribution is -2.26. The molecule has 1 aliphatic rings. The van der Waals surface area contributed by atoms with Crippen LogP contribution in [0.4, 0.5) is 0 Å². The lowest BCUT2D eigenvalue weighted by molar-refractivity contribution is 0.101. The van der Waals surface area contributed by atoms with Crippen LogP contribution in [0.5, 0.6) is 0 Å². The smallest absolute Gasteiger partial charge is 0.270 e. The number of carbonyl (C=O) groups excluding carboxylic acids is 1. The minimum absolute atomic E-state index is 0.0687. The van der Waals surface area contributed by atoms with Gasteiger partial charge in [-0.15, -0.1) is 0 Å². The molecule has 4 nitrogen and oxygen atoms in total. The summed E-state index contributed by atoms with van der Waals surface area (Å²) in [5.74, 6) is -0.0687. The third-order valence-electron chi connectivity index (χ3n) is 3.84. The van der Waals surface area contributed by atoms with Crippen molar-refractivity contribution in [3.05, 3.63) is 58.4 Å². The van der Waals surface area contributed by atoms with Gasteiger partial charge in [0.1, 0.15) is 0 Å². The maximum absolute atomic E-state index is 12.3. The van der Waals surface area contributed by atoms with Gasteiger partial charge in [0.05, 0.1) is 0 Å². The molecule has 0 spiro atoms. The van der Waals surface area contributed by atoms with Gasteiger partial charge in [0.25, 0.3) is 5.91 Å². The monoisotopic (exact) mass is 269 g/mol. The van der Waals surface area contributed by atoms with E-state index in [9.17, 15) is 4.79 Å². The fourth-order valence-electron chi connectivity index (χ4n) is 2.63. The molecule has 2 aromatic rings. The summed E-state index contributed by atoms with van der Waals surface area (Å²) in [7, 11) is 0. The fourth-order valence-corrected chi connectivity index (χ4v) is 2.63. The van der Waals surface area contributed by atoms with Crippen LogP contribution in [0.25, 0.3) is 0 Å². The molecule has 0 saturated carbocycles. The van der Waals surface area contributed by atoms with Crippen molar-refractivity contribution in [3.63, 3.8) is 0 Å². The highest BCUT2D eigenvalue weighted by Crippen LogP contribution is 2.16. The van der Waals surface area contributed by atoms with Crippen LogP contribution >= 0.6 is 0 Å². The number of hydrogen-bond donors (Lipinski definition) is 2. The van der Waals surface area contributed by atoms with Crippen LogP contribution in [0, 0.1) is 13.8 Å². The van der Waals surface area contributed by atoms with Gasteiger partial charge in [-0.25, -0.2) is 0 Å². The molecule has 0 aliphatic carbocycles. The molecule has 1 aromatic carbocycles. The van der Waals surface area contributed by atoms with E-state index in [2.05, 4.69) is 16.8 Å². The van der Waals surface area contributed by atoms with E-state index in [1.54, 1.807) is 0 Å². The molecule has 2 N–H and O–H groups in total. The van der Waals surface area contributed by atoms with Crippen molar-refractivity contribution in [2.45, 2.75) is 26.8 Å². The van der Waals surface area contributed by atoms with E-state index in [1.165, 1.54) is 11.1 Å². The number of aryl methyl sites for hydroxylation is 2. The topological polar surface area (TPSA) is 46.1 Å². The molecular weight excluding hydrogens is 250 g/mol. The molecule has 1 aliphatic heterocycles. The number of amides is 1. The van der Waals surface area contributed by atoms with Crippen molar-refractivity contribution in [2.75, 3.05) is 12.0 Å². The van der Waals surface area contributed by atoms with Crippen molar-refractivity contribution in [1.82, 2.24) is 9.99 Å². The normalized spacial score (nSPS) is 13.9. The Labute approximate surface area is 118 Å². The number of hydrogen-bond acceptors (Lipinski definition) is 2. The van der Waals surface area contributed by atoms with Gasteiger partial charge < -0.3 is 5.32 Å². The van der Waals surface area contributed by atoms with Crippen LogP contribution in [-0.2, 0) is 13.0 Å². The second-order valence-electron chi connectivity index (χ2n) is 5.30. The first-order chi connectivity index (χ1) is 9.65. The van der Waals surface area contributed by atoms with Crippen LogP contribution in [0.1, 0.15) is 32.9 Å². The third-order valence-corrected chi connectivity index (χ3v) is 3.84. The van der Waals surface area contributed by atoms with Crippen molar-refractivity contribution in [2.24, 2.45) is 0 Å². The number of nitrogens with zero attached hydrogens (tertiary/aromatic N) is 1. The first-order valence-corrected chi connectivity index (χ1v) is 6.94. The van der Waals surface area contributed by atoms with Gasteiger partial charge in [-0.2, -0.15) is 0 Å². The zero-order chi connectivity index (χ0) is 14.1. The summed E-state index contributed by atoms with van der Waals surface area (Å²) in [4.78, 5) is 12.3. The Morgan fingerprint density at radius 3 is 2.65 bits per heavy atom. The van der Waals surface area contributed by atoms with E-state index >= 15 is 0 Å². The molecule has 3 rings (SSSR count). The zero-order valence-electron chi connectivity index (χ0n) is 11.9. The van der Waals surface area contributed by atoms with Crippen LogP contribution in [0.3, 0.4) is 0 Å². The van der Waals surface area contributed by atoms with E-state index in [0.717, 1.165) is 30.9 Å². The average Bonchev–Trinajstić information content (AvgIpc) is 2.78. The highest BCUT2D eigenvalue weighted by Gasteiger charge is 2.13. The molecule has 0 unspecified atom stereocenters. The summed E-state index contributed by atoms with van der Waals surface area (Å²) < 4.78 is 1.82. The Hall–Kier alpha value is -2.07. The van der Waals surface area contributed by atoms with E-state index in [0.29, 0.717) is 5.56 Å². The molecule has 0 bridgehead atoms. The number of carbonyl (C=O) groups is 1. The Morgan fingerprint density at radius 2 is 1.90 bits per heavy atom. The van der Waals surface area contributed by atoms with Gasteiger partial charge in [0, 0.05) is 23.5 Å². The van der Waals surface area contributed by atoms with Gasteiger partial charge in [-0.05, 0) is 62.2 Å². The van der Waals surface area contributed by atoms with E-state index < -0.39 is 0 Å². The number of benzene rings is 1. The van der Waals surface area contributed by atoms with Crippen molar-refractivity contribution in [3.8, 4) is 0 Å². The molecule has 4 heteroatoms. The summed E-state index contributed by atoms with van der Waals surface area (Å²) in [6, 6.07) is 9.96. The van der Waals surface area contributed by atoms with Gasteiger partial charge >= 0.3 is 0 Å². The average molecular weight is 269 g/mol. The Kier molecular flexibility index (Phi) is 3.32. The van der Waals surface area contributed by atoms with Gasteiger partial charge in [0.2, 0.25) is 0 Å². The Bertz CT molecular complexity index is 638. The predicted octanol–water partition coefficient (Wildman–Crippen LogP) is 2.13. The first kappa shape index (κ1) is 12.9. The molecular formula is C16H19N3O. The van der Waals surface area contributed by atoms with Gasteiger partial charge in [-0.3, -0.25) is 14.9 Å². The van der Waals surface area contributed by atoms with E-state index in [4.69, 9.17) is 0 Å². The van der Waals surface area contributed by atoms with Crippen molar-refractivity contribution >= 4 is 5.91 Å². The summed E-state index contributed by atoms with van der Waals surface area (Å²) in [6.45, 7) is 5.81. The summed E-state index contributed by atoms with van der Waals surface area (Å²) in [6.07, 6.45) is 1.03. The van der Waals surface area contributed by atoms with Crippen molar-refractivity contribution in [1.29, 1.82) is 0 Å². The van der Waals surface area contributed by atoms with E-state index in [1.807, 2.05) is 42.8 Å². The number of aromatic nitrogens is 1. The lowest BCUT2D eigenvalue weighted by atomic mass is 9.98. The van der Waals surface area contributed by atoms with Crippen LogP contribution in [0.2, 0.25) is 0 Å². The predicted molar refractivity (Wildman–Crippen MR) is 79.4 cm³/mol. The molecule has 0 saturated heterocycles. The maximum Gasteiger partial charge on any atom is 0.270 e. The third kappa shape index (κ3) is 2.34. The maximum atomic E-state index is 12.3. The highest BCUT2D eigenvalue weighted by atomic mass is 16.2. The minimum Gasteiger partial charge on any atom is -0.312 e. The van der Waals surface area contributed by atoms with Gasteiger partial charge in [-0.1, -0.05) is 6.07 Å². The molecule has 0 radical (unpaired) electrons. The number of rotatable bonds is 2. The molecule has 0 fully saturated rings. The largest absolute Gasteiger partial charge is 0.312 e. The zero-order valence-corrected chi connectivity index (χ0v) is 11.9. The Balaban J connectivity index is 1.84. The molecule has 1 amide bonds. The van der Waals surface area contributed by atoms with Crippen molar-refractivity contribution < 1.29 is 4.79 Å². The number of fused-ring (bicyclic) bond motifs is 1. The second kappa shape index (κ2) is 5.13. The number of nitrogens with one attached hydrogen (secondary N) is 2. The molecule has 0 atom stereocenters. The highest BCUT2D eigenvalue weighted by molar-refractivity contribution is 6.00. The summed E-state index contributed by atoms with van der Waals surface area (Å²) in [5.41, 5.74) is 8.26. The summed E-state index contributed by atoms with van der Waals surface area (Å²) in [5, 5.41) is 3.33. The molecule has 20 heavy (non-hydrogen) atoms. The summed E-state index contributed by atoms with van der Waals surface area (Å²) >= 11 is 0. The first-order valence-electron chi connectivity index (χ1n) is 6.94. The van der Waals surface area contributed by atoms with Crippen LogP contribution in [0.15, 0.2) is 30.3 Å². The molecule has 2 heterocycles. The standard InChI is InChI=1S/C16H19N3O/c1-11-3-4-12(2)19(11)18-16(20)14-6-5-13-7-8-17-10-15(13)9-14/h3-6,9,17H,7-8,10H2,1-2H3,(H,18,20).